The normalized spacial score (nSPS) is 12.2. The van der Waals surface area contributed by atoms with E-state index in [1.54, 1.807) is 5.19 Å². The van der Waals surface area contributed by atoms with Gasteiger partial charge >= 0.3 is 0 Å². The second kappa shape index (κ2) is 11.7. The minimum atomic E-state index is -1.94. The van der Waals surface area contributed by atoms with Crippen molar-refractivity contribution in [2.24, 2.45) is 0 Å². The SMILES string of the molecule is C=C(C)c1cccc([Si](CC)(N(CCC)CCC)N(CCC)CCC)c1. The van der Waals surface area contributed by atoms with Gasteiger partial charge in [-0.3, -0.25) is 0 Å². The van der Waals surface area contributed by atoms with Gasteiger partial charge in [0.2, 0.25) is 8.40 Å². The summed E-state index contributed by atoms with van der Waals surface area (Å²) in [4.78, 5) is 0. The molecular formula is C23H42N2Si. The van der Waals surface area contributed by atoms with Crippen molar-refractivity contribution in [3.63, 3.8) is 0 Å². The van der Waals surface area contributed by atoms with Gasteiger partial charge in [0.05, 0.1) is 0 Å². The fraction of sp³-hybridized carbons (Fsp3) is 0.652. The molecule has 0 saturated carbocycles. The van der Waals surface area contributed by atoms with Crippen molar-refractivity contribution in [3.8, 4) is 0 Å². The second-order valence-corrected chi connectivity index (χ2v) is 11.7. The zero-order chi connectivity index (χ0) is 19.6. The number of allylic oxidation sites excluding steroid dienone is 1. The van der Waals surface area contributed by atoms with E-state index in [0.29, 0.717) is 0 Å². The Bertz CT molecular complexity index is 513. The van der Waals surface area contributed by atoms with Crippen LogP contribution in [0.1, 0.15) is 72.8 Å². The number of hydrogen-bond acceptors (Lipinski definition) is 2. The Hall–Kier alpha value is -0.903. The van der Waals surface area contributed by atoms with Crippen LogP contribution in [-0.4, -0.2) is 43.7 Å². The molecule has 0 amide bonds. The highest BCUT2D eigenvalue weighted by Crippen LogP contribution is 2.24. The molecule has 0 aliphatic carbocycles. The highest BCUT2D eigenvalue weighted by atomic mass is 28.3. The Kier molecular flexibility index (Phi) is 10.4. The summed E-state index contributed by atoms with van der Waals surface area (Å²) in [6.45, 7) is 22.9. The van der Waals surface area contributed by atoms with Crippen molar-refractivity contribution in [3.05, 3.63) is 36.4 Å². The molecule has 0 spiro atoms. The van der Waals surface area contributed by atoms with Crippen LogP contribution in [0.3, 0.4) is 0 Å². The van der Waals surface area contributed by atoms with Gasteiger partial charge in [0, 0.05) is 0 Å². The minimum absolute atomic E-state index is 1.17. The summed E-state index contributed by atoms with van der Waals surface area (Å²) in [5, 5.41) is 1.57. The molecule has 0 fully saturated rings. The maximum absolute atomic E-state index is 4.20. The zero-order valence-electron chi connectivity index (χ0n) is 18.3. The van der Waals surface area contributed by atoms with Crippen molar-refractivity contribution in [1.29, 1.82) is 0 Å². The van der Waals surface area contributed by atoms with Gasteiger partial charge in [0.1, 0.15) is 0 Å². The lowest BCUT2D eigenvalue weighted by Gasteiger charge is -2.49. The van der Waals surface area contributed by atoms with Crippen molar-refractivity contribution in [1.82, 2.24) is 9.13 Å². The van der Waals surface area contributed by atoms with Crippen LogP contribution in [0.4, 0.5) is 0 Å². The van der Waals surface area contributed by atoms with Crippen LogP contribution in [0.2, 0.25) is 6.04 Å². The molecule has 0 radical (unpaired) electrons. The van der Waals surface area contributed by atoms with Gasteiger partial charge in [-0.15, -0.1) is 0 Å². The largest absolute Gasteiger partial charge is 0.308 e. The first-order valence-electron chi connectivity index (χ1n) is 10.8. The molecule has 1 rings (SSSR count). The van der Waals surface area contributed by atoms with Gasteiger partial charge in [-0.1, -0.05) is 71.0 Å². The van der Waals surface area contributed by atoms with E-state index in [-0.39, 0.29) is 0 Å². The molecule has 3 heteroatoms. The lowest BCUT2D eigenvalue weighted by Crippen LogP contribution is -2.73. The van der Waals surface area contributed by atoms with E-state index in [4.69, 9.17) is 0 Å². The summed E-state index contributed by atoms with van der Waals surface area (Å²) in [6, 6.07) is 10.6. The molecule has 2 nitrogen and oxygen atoms in total. The quantitative estimate of drug-likeness (QED) is 0.413. The van der Waals surface area contributed by atoms with Crippen LogP contribution in [0.5, 0.6) is 0 Å². The molecule has 1 aromatic carbocycles. The monoisotopic (exact) mass is 374 g/mol. The van der Waals surface area contributed by atoms with E-state index < -0.39 is 8.40 Å². The highest BCUT2D eigenvalue weighted by Gasteiger charge is 2.44. The molecule has 0 aliphatic rings. The topological polar surface area (TPSA) is 6.48 Å². The average Bonchev–Trinajstić information content (AvgIpc) is 2.63. The lowest BCUT2D eigenvalue weighted by molar-refractivity contribution is 0.324. The van der Waals surface area contributed by atoms with Crippen molar-refractivity contribution < 1.29 is 0 Å². The van der Waals surface area contributed by atoms with Crippen LogP contribution < -0.4 is 5.19 Å². The minimum Gasteiger partial charge on any atom is -0.308 e. The fourth-order valence-corrected chi connectivity index (χ4v) is 9.85. The third kappa shape index (κ3) is 5.31. The maximum Gasteiger partial charge on any atom is 0.239 e. The van der Waals surface area contributed by atoms with Crippen LogP contribution in [-0.2, 0) is 0 Å². The maximum atomic E-state index is 4.20. The molecule has 26 heavy (non-hydrogen) atoms. The van der Waals surface area contributed by atoms with E-state index in [2.05, 4.69) is 81.5 Å². The van der Waals surface area contributed by atoms with Crippen LogP contribution >= 0.6 is 0 Å². The van der Waals surface area contributed by atoms with E-state index in [0.717, 1.165) is 0 Å². The molecule has 0 aromatic heterocycles. The van der Waals surface area contributed by atoms with Gasteiger partial charge in [-0.25, -0.2) is 0 Å². The second-order valence-electron chi connectivity index (χ2n) is 7.51. The van der Waals surface area contributed by atoms with Gasteiger partial charge in [0.25, 0.3) is 0 Å². The van der Waals surface area contributed by atoms with Crippen molar-refractivity contribution in [2.45, 2.75) is 73.3 Å². The molecule has 0 unspecified atom stereocenters. The van der Waals surface area contributed by atoms with Gasteiger partial charge < -0.3 is 9.13 Å². The third-order valence-corrected chi connectivity index (χ3v) is 10.5. The van der Waals surface area contributed by atoms with Gasteiger partial charge in [0.15, 0.2) is 0 Å². The molecule has 0 bridgehead atoms. The van der Waals surface area contributed by atoms with E-state index in [9.17, 15) is 0 Å². The summed E-state index contributed by atoms with van der Waals surface area (Å²) in [7, 11) is -1.94. The number of hydrogen-bond donors (Lipinski definition) is 0. The molecule has 0 saturated heterocycles. The third-order valence-electron chi connectivity index (χ3n) is 5.33. The van der Waals surface area contributed by atoms with Gasteiger partial charge in [-0.05, 0) is 75.6 Å². The molecule has 148 valence electrons. The summed E-state index contributed by atoms with van der Waals surface area (Å²) >= 11 is 0. The number of nitrogens with zero attached hydrogens (tertiary/aromatic N) is 2. The van der Waals surface area contributed by atoms with Crippen LogP contribution in [0.15, 0.2) is 30.8 Å². The van der Waals surface area contributed by atoms with Crippen molar-refractivity contribution >= 4 is 19.2 Å². The number of benzene rings is 1. The molecule has 0 atom stereocenters. The van der Waals surface area contributed by atoms with E-state index in [1.165, 1.54) is 69.0 Å². The van der Waals surface area contributed by atoms with Crippen LogP contribution in [0.25, 0.3) is 5.57 Å². The Labute approximate surface area is 164 Å². The average molecular weight is 375 g/mol. The predicted molar refractivity (Wildman–Crippen MR) is 121 cm³/mol. The number of rotatable bonds is 13. The predicted octanol–water partition coefficient (Wildman–Crippen LogP) is 5.63. The first-order valence-corrected chi connectivity index (χ1v) is 12.9. The molecule has 1 aromatic rings. The first kappa shape index (κ1) is 23.1. The summed E-state index contributed by atoms with van der Waals surface area (Å²) in [5.74, 6) is 0. The van der Waals surface area contributed by atoms with Gasteiger partial charge in [-0.2, -0.15) is 0 Å². The smallest absolute Gasteiger partial charge is 0.239 e. The Morgan fingerprint density at radius 1 is 0.846 bits per heavy atom. The Balaban J connectivity index is 3.60. The Morgan fingerprint density at radius 2 is 1.31 bits per heavy atom. The van der Waals surface area contributed by atoms with Crippen molar-refractivity contribution in [2.75, 3.05) is 26.2 Å². The summed E-state index contributed by atoms with van der Waals surface area (Å²) in [6.07, 6.45) is 4.89. The zero-order valence-corrected chi connectivity index (χ0v) is 19.3. The summed E-state index contributed by atoms with van der Waals surface area (Å²) in [5.41, 5.74) is 2.47. The summed E-state index contributed by atoms with van der Waals surface area (Å²) < 4.78 is 5.77. The molecule has 0 aliphatic heterocycles. The molecule has 0 heterocycles. The standard InChI is InChI=1S/C23H42N2Si/c1-8-16-24(17-9-2)26(12-5,25(18-10-3)19-11-4)23-15-13-14-22(20-23)21(6)7/h13-15,20H,6,8-12,16-19H2,1-5,7H3. The molecular weight excluding hydrogens is 332 g/mol. The van der Waals surface area contributed by atoms with E-state index in [1.807, 2.05) is 0 Å². The fourth-order valence-electron chi connectivity index (χ4n) is 4.29. The van der Waals surface area contributed by atoms with E-state index >= 15 is 0 Å². The van der Waals surface area contributed by atoms with Crippen LogP contribution in [0, 0.1) is 0 Å². The lowest BCUT2D eigenvalue weighted by atomic mass is 10.1. The Morgan fingerprint density at radius 3 is 1.65 bits per heavy atom. The first-order chi connectivity index (χ1) is 12.5. The highest BCUT2D eigenvalue weighted by molar-refractivity contribution is 6.87. The molecule has 0 N–H and O–H groups in total.